The van der Waals surface area contributed by atoms with Gasteiger partial charge < -0.3 is 15.3 Å². The predicted octanol–water partition coefficient (Wildman–Crippen LogP) is 3.01. The van der Waals surface area contributed by atoms with Gasteiger partial charge in [-0.05, 0) is 52.3 Å². The normalized spacial score (nSPS) is 10.8. The van der Waals surface area contributed by atoms with E-state index in [0.717, 1.165) is 6.07 Å². The average Bonchev–Trinajstić information content (AvgIpc) is 2.80. The number of halogens is 2. The van der Waals surface area contributed by atoms with Crippen molar-refractivity contribution in [2.24, 2.45) is 0 Å². The Bertz CT molecular complexity index is 901. The summed E-state index contributed by atoms with van der Waals surface area (Å²) < 4.78 is 13.7. The van der Waals surface area contributed by atoms with Crippen LogP contribution in [0.5, 0.6) is 0 Å². The lowest BCUT2D eigenvalue weighted by molar-refractivity contribution is 0.102. The molecule has 1 aromatic heterocycles. The fourth-order valence-corrected chi connectivity index (χ4v) is 2.41. The highest BCUT2D eigenvalue weighted by Crippen LogP contribution is 2.20. The first kappa shape index (κ1) is 13.6. The number of imidazole rings is 1. The molecular weight excluding hydrogens is 341 g/mol. The van der Waals surface area contributed by atoms with E-state index < -0.39 is 11.7 Å². The van der Waals surface area contributed by atoms with Crippen LogP contribution in [0.3, 0.4) is 0 Å². The number of H-pyrrole nitrogens is 2. The summed E-state index contributed by atoms with van der Waals surface area (Å²) in [5.41, 5.74) is 1.60. The van der Waals surface area contributed by atoms with E-state index in [1.807, 2.05) is 0 Å². The monoisotopic (exact) mass is 349 g/mol. The van der Waals surface area contributed by atoms with Crippen molar-refractivity contribution in [2.75, 3.05) is 5.32 Å². The van der Waals surface area contributed by atoms with Gasteiger partial charge in [-0.15, -0.1) is 0 Å². The molecule has 0 saturated carbocycles. The van der Waals surface area contributed by atoms with Gasteiger partial charge in [-0.1, -0.05) is 0 Å². The maximum absolute atomic E-state index is 13.2. The first-order chi connectivity index (χ1) is 10.0. The van der Waals surface area contributed by atoms with Crippen LogP contribution in [0, 0.1) is 5.82 Å². The molecule has 0 bridgehead atoms. The molecule has 1 amide bonds. The van der Waals surface area contributed by atoms with E-state index in [0.29, 0.717) is 21.2 Å². The third-order valence-corrected chi connectivity index (χ3v) is 3.64. The van der Waals surface area contributed by atoms with Crippen molar-refractivity contribution in [2.45, 2.75) is 0 Å². The third-order valence-electron chi connectivity index (χ3n) is 2.95. The summed E-state index contributed by atoms with van der Waals surface area (Å²) in [5.74, 6) is -0.938. The zero-order valence-corrected chi connectivity index (χ0v) is 12.1. The molecule has 2 aromatic carbocycles. The number of fused-ring (bicyclic) bond motifs is 1. The SMILES string of the molecule is O=C(Nc1ccc2[nH]c(=O)[nH]c2c1)c1cc(F)ccc1Br. The summed E-state index contributed by atoms with van der Waals surface area (Å²) in [7, 11) is 0. The lowest BCUT2D eigenvalue weighted by atomic mass is 10.2. The minimum atomic E-state index is -0.492. The Balaban J connectivity index is 1.92. The zero-order valence-electron chi connectivity index (χ0n) is 10.5. The minimum Gasteiger partial charge on any atom is -0.322 e. The molecule has 0 radical (unpaired) electrons. The fourth-order valence-electron chi connectivity index (χ4n) is 1.98. The molecule has 0 aliphatic rings. The number of anilines is 1. The van der Waals surface area contributed by atoms with Gasteiger partial charge in [0.2, 0.25) is 0 Å². The smallest absolute Gasteiger partial charge is 0.322 e. The van der Waals surface area contributed by atoms with Gasteiger partial charge >= 0.3 is 5.69 Å². The standard InChI is InChI=1S/C14H9BrFN3O2/c15-10-3-1-7(16)5-9(10)13(20)17-8-2-4-11-12(6-8)19-14(21)18-11/h1-6H,(H,17,20)(H2,18,19,21). The van der Waals surface area contributed by atoms with Crippen molar-refractivity contribution in [1.82, 2.24) is 9.97 Å². The van der Waals surface area contributed by atoms with Crippen molar-refractivity contribution in [3.05, 3.63) is 62.7 Å². The number of hydrogen-bond donors (Lipinski definition) is 3. The van der Waals surface area contributed by atoms with E-state index >= 15 is 0 Å². The molecular formula is C14H9BrFN3O2. The second-order valence-electron chi connectivity index (χ2n) is 4.42. The van der Waals surface area contributed by atoms with E-state index in [4.69, 9.17) is 0 Å². The van der Waals surface area contributed by atoms with Crippen molar-refractivity contribution in [3.8, 4) is 0 Å². The van der Waals surface area contributed by atoms with Crippen LogP contribution < -0.4 is 11.0 Å². The molecule has 0 aliphatic carbocycles. The number of carbonyl (C=O) groups is 1. The molecule has 0 spiro atoms. The predicted molar refractivity (Wildman–Crippen MR) is 81.0 cm³/mol. The summed E-state index contributed by atoms with van der Waals surface area (Å²) in [6.07, 6.45) is 0. The lowest BCUT2D eigenvalue weighted by Gasteiger charge is -2.07. The van der Waals surface area contributed by atoms with E-state index in [1.165, 1.54) is 12.1 Å². The second-order valence-corrected chi connectivity index (χ2v) is 5.27. The van der Waals surface area contributed by atoms with Crippen LogP contribution in [0.4, 0.5) is 10.1 Å². The Hall–Kier alpha value is -2.41. The van der Waals surface area contributed by atoms with Crippen LogP contribution in [0.1, 0.15) is 10.4 Å². The topological polar surface area (TPSA) is 77.8 Å². The quantitative estimate of drug-likeness (QED) is 0.664. The average molecular weight is 350 g/mol. The number of benzene rings is 2. The van der Waals surface area contributed by atoms with Gasteiger partial charge in [-0.25, -0.2) is 9.18 Å². The summed E-state index contributed by atoms with van der Waals surface area (Å²) >= 11 is 3.21. The van der Waals surface area contributed by atoms with Gasteiger partial charge in [0, 0.05) is 10.2 Å². The van der Waals surface area contributed by atoms with Crippen LogP contribution in [0.2, 0.25) is 0 Å². The first-order valence-corrected chi connectivity index (χ1v) is 6.81. The van der Waals surface area contributed by atoms with Crippen molar-refractivity contribution >= 4 is 38.6 Å². The van der Waals surface area contributed by atoms with Crippen LogP contribution >= 0.6 is 15.9 Å². The molecule has 106 valence electrons. The molecule has 7 heteroatoms. The Morgan fingerprint density at radius 2 is 1.86 bits per heavy atom. The highest BCUT2D eigenvalue weighted by Gasteiger charge is 2.12. The lowest BCUT2D eigenvalue weighted by Crippen LogP contribution is -2.12. The first-order valence-electron chi connectivity index (χ1n) is 6.01. The van der Waals surface area contributed by atoms with Gasteiger partial charge in [0.05, 0.1) is 16.6 Å². The van der Waals surface area contributed by atoms with Crippen LogP contribution in [-0.2, 0) is 0 Å². The molecule has 3 rings (SSSR count). The number of aromatic nitrogens is 2. The molecule has 0 unspecified atom stereocenters. The number of aromatic amines is 2. The van der Waals surface area contributed by atoms with Crippen LogP contribution in [0.25, 0.3) is 11.0 Å². The Labute approximate surface area is 126 Å². The minimum absolute atomic E-state index is 0.192. The van der Waals surface area contributed by atoms with Gasteiger partial charge in [0.25, 0.3) is 5.91 Å². The van der Waals surface area contributed by atoms with Gasteiger partial charge in [0.1, 0.15) is 5.82 Å². The van der Waals surface area contributed by atoms with E-state index in [2.05, 4.69) is 31.2 Å². The van der Waals surface area contributed by atoms with Crippen LogP contribution in [-0.4, -0.2) is 15.9 Å². The summed E-state index contributed by atoms with van der Waals surface area (Å²) in [6.45, 7) is 0. The second kappa shape index (κ2) is 5.17. The Morgan fingerprint density at radius 1 is 1.10 bits per heavy atom. The van der Waals surface area contributed by atoms with Crippen molar-refractivity contribution < 1.29 is 9.18 Å². The Morgan fingerprint density at radius 3 is 2.67 bits per heavy atom. The summed E-state index contributed by atoms with van der Waals surface area (Å²) in [6, 6.07) is 8.82. The molecule has 0 fully saturated rings. The molecule has 3 aromatic rings. The molecule has 3 N–H and O–H groups in total. The number of amides is 1. The molecule has 0 atom stereocenters. The van der Waals surface area contributed by atoms with Gasteiger partial charge in [-0.2, -0.15) is 0 Å². The van der Waals surface area contributed by atoms with E-state index in [1.54, 1.807) is 18.2 Å². The van der Waals surface area contributed by atoms with Gasteiger partial charge in [-0.3, -0.25) is 4.79 Å². The largest absolute Gasteiger partial charge is 0.323 e. The number of nitrogens with one attached hydrogen (secondary N) is 3. The van der Waals surface area contributed by atoms with Crippen LogP contribution in [0.15, 0.2) is 45.7 Å². The number of rotatable bonds is 2. The maximum Gasteiger partial charge on any atom is 0.323 e. The van der Waals surface area contributed by atoms with Crippen molar-refractivity contribution in [1.29, 1.82) is 0 Å². The fraction of sp³-hybridized carbons (Fsp3) is 0. The maximum atomic E-state index is 13.2. The Kier molecular flexibility index (Phi) is 3.34. The summed E-state index contributed by atoms with van der Waals surface area (Å²) in [5, 5.41) is 2.66. The molecule has 0 saturated heterocycles. The molecule has 1 heterocycles. The molecule has 21 heavy (non-hydrogen) atoms. The number of carbonyl (C=O) groups excluding carboxylic acids is 1. The van der Waals surface area contributed by atoms with E-state index in [9.17, 15) is 14.0 Å². The zero-order chi connectivity index (χ0) is 15.0. The summed E-state index contributed by atoms with van der Waals surface area (Å²) in [4.78, 5) is 28.5. The molecule has 0 aliphatic heterocycles. The molecule has 5 nitrogen and oxygen atoms in total. The highest BCUT2D eigenvalue weighted by molar-refractivity contribution is 9.10. The van der Waals surface area contributed by atoms with Gasteiger partial charge in [0.15, 0.2) is 0 Å². The number of hydrogen-bond acceptors (Lipinski definition) is 2. The van der Waals surface area contributed by atoms with Crippen molar-refractivity contribution in [3.63, 3.8) is 0 Å². The third kappa shape index (κ3) is 2.73. The highest BCUT2D eigenvalue weighted by atomic mass is 79.9. The van der Waals surface area contributed by atoms with E-state index in [-0.39, 0.29) is 11.3 Å².